The van der Waals surface area contributed by atoms with E-state index in [1.165, 1.54) is 0 Å². The van der Waals surface area contributed by atoms with Crippen LogP contribution in [0, 0.1) is 0 Å². The lowest BCUT2D eigenvalue weighted by atomic mass is 10.1. The maximum atomic E-state index is 12.7. The molecule has 1 aromatic carbocycles. The zero-order chi connectivity index (χ0) is 23.5. The molecule has 0 saturated carbocycles. The van der Waals surface area contributed by atoms with Crippen molar-refractivity contribution in [2.45, 2.75) is 52.2 Å². The molecule has 2 amide bonds. The number of hydrogen-bond donors (Lipinski definition) is 1. The van der Waals surface area contributed by atoms with Gasteiger partial charge in [0.25, 0.3) is 0 Å². The normalized spacial score (nSPS) is 13.4. The Bertz CT molecular complexity index is 993. The van der Waals surface area contributed by atoms with E-state index in [1.54, 1.807) is 30.8 Å². The fourth-order valence-corrected chi connectivity index (χ4v) is 3.63. The number of carbonyl (C=O) groups excluding carboxylic acids is 2. The first-order chi connectivity index (χ1) is 15.1. The van der Waals surface area contributed by atoms with E-state index < -0.39 is 5.60 Å². The molecule has 174 valence electrons. The van der Waals surface area contributed by atoms with Crippen molar-refractivity contribution in [3.63, 3.8) is 0 Å². The molecule has 1 N–H and O–H groups in total. The van der Waals surface area contributed by atoms with Gasteiger partial charge in [0.05, 0.1) is 26.5 Å². The highest BCUT2D eigenvalue weighted by atomic mass is 16.6. The van der Waals surface area contributed by atoms with Crippen LogP contribution in [0.2, 0.25) is 0 Å². The minimum Gasteiger partial charge on any atom is -0.493 e. The van der Waals surface area contributed by atoms with Crippen LogP contribution in [0.5, 0.6) is 11.5 Å². The number of amides is 2. The summed E-state index contributed by atoms with van der Waals surface area (Å²) in [6, 6.07) is 5.62. The van der Waals surface area contributed by atoms with Gasteiger partial charge in [-0.3, -0.25) is 9.48 Å². The largest absolute Gasteiger partial charge is 0.493 e. The number of nitrogens with zero attached hydrogens (tertiary/aromatic N) is 3. The number of benzene rings is 1. The second-order valence-corrected chi connectivity index (χ2v) is 8.79. The van der Waals surface area contributed by atoms with Crippen LogP contribution in [0.15, 0.2) is 18.2 Å². The average molecular weight is 445 g/mol. The average Bonchev–Trinajstić information content (AvgIpc) is 3.05. The summed E-state index contributed by atoms with van der Waals surface area (Å²) in [6.45, 7) is 6.41. The van der Waals surface area contributed by atoms with Crippen molar-refractivity contribution in [1.29, 1.82) is 0 Å². The van der Waals surface area contributed by atoms with Crippen LogP contribution < -0.4 is 14.8 Å². The van der Waals surface area contributed by atoms with Gasteiger partial charge in [-0.1, -0.05) is 6.07 Å². The Morgan fingerprint density at radius 1 is 1.16 bits per heavy atom. The topological polar surface area (TPSA) is 94.9 Å². The Balaban J connectivity index is 1.65. The van der Waals surface area contributed by atoms with Gasteiger partial charge < -0.3 is 24.4 Å². The number of aromatic nitrogens is 2. The predicted octanol–water partition coefficient (Wildman–Crippen LogP) is 3.30. The van der Waals surface area contributed by atoms with Crippen LogP contribution in [-0.2, 0) is 36.0 Å². The van der Waals surface area contributed by atoms with Crippen molar-refractivity contribution in [1.82, 2.24) is 14.7 Å². The zero-order valence-corrected chi connectivity index (χ0v) is 19.7. The lowest BCUT2D eigenvalue weighted by Crippen LogP contribution is -2.40. The highest BCUT2D eigenvalue weighted by Gasteiger charge is 2.30. The first-order valence-electron chi connectivity index (χ1n) is 10.6. The van der Waals surface area contributed by atoms with E-state index in [0.717, 1.165) is 16.8 Å². The summed E-state index contributed by atoms with van der Waals surface area (Å²) in [5, 5.41) is 7.50. The summed E-state index contributed by atoms with van der Waals surface area (Å²) in [6.07, 6.45) is 1.10. The number of rotatable bonds is 6. The molecule has 0 unspecified atom stereocenters. The summed E-state index contributed by atoms with van der Waals surface area (Å²) in [7, 11) is 4.96. The van der Waals surface area contributed by atoms with Gasteiger partial charge >= 0.3 is 6.09 Å². The molecule has 9 heteroatoms. The van der Waals surface area contributed by atoms with Crippen LogP contribution in [0.4, 0.5) is 10.6 Å². The predicted molar refractivity (Wildman–Crippen MR) is 120 cm³/mol. The van der Waals surface area contributed by atoms with E-state index in [0.29, 0.717) is 49.7 Å². The molecular formula is C23H32N4O5. The van der Waals surface area contributed by atoms with Crippen molar-refractivity contribution in [3.8, 4) is 11.5 Å². The Kier molecular flexibility index (Phi) is 6.96. The van der Waals surface area contributed by atoms with Gasteiger partial charge in [0.2, 0.25) is 5.91 Å². The van der Waals surface area contributed by atoms with Crippen molar-refractivity contribution >= 4 is 17.8 Å². The number of nitrogens with one attached hydrogen (secondary N) is 1. The third kappa shape index (κ3) is 5.52. The van der Waals surface area contributed by atoms with E-state index in [9.17, 15) is 9.59 Å². The Morgan fingerprint density at radius 3 is 2.53 bits per heavy atom. The summed E-state index contributed by atoms with van der Waals surface area (Å²) >= 11 is 0. The molecule has 0 atom stereocenters. The van der Waals surface area contributed by atoms with Crippen molar-refractivity contribution in [3.05, 3.63) is 35.0 Å². The zero-order valence-electron chi connectivity index (χ0n) is 19.7. The van der Waals surface area contributed by atoms with Gasteiger partial charge in [-0.15, -0.1) is 0 Å². The summed E-state index contributed by atoms with van der Waals surface area (Å²) < 4.78 is 17.7. The molecule has 3 rings (SSSR count). The number of methoxy groups -OCH3 is 2. The number of ether oxygens (including phenoxy) is 3. The van der Waals surface area contributed by atoms with Crippen LogP contribution in [-0.4, -0.2) is 53.0 Å². The maximum Gasteiger partial charge on any atom is 0.410 e. The number of aryl methyl sites for hydroxylation is 2. The van der Waals surface area contributed by atoms with E-state index in [1.807, 2.05) is 39.0 Å². The maximum absolute atomic E-state index is 12.7. The second kappa shape index (κ2) is 9.50. The fourth-order valence-electron chi connectivity index (χ4n) is 3.63. The molecule has 0 radical (unpaired) electrons. The summed E-state index contributed by atoms with van der Waals surface area (Å²) in [5.74, 6) is 1.77. The molecule has 0 saturated heterocycles. The van der Waals surface area contributed by atoms with Crippen LogP contribution >= 0.6 is 0 Å². The van der Waals surface area contributed by atoms with Gasteiger partial charge in [-0.05, 0) is 44.9 Å². The monoisotopic (exact) mass is 444 g/mol. The Labute approximate surface area is 188 Å². The number of fused-ring (bicyclic) bond motifs is 1. The fraction of sp³-hybridized carbons (Fsp3) is 0.522. The molecule has 0 spiro atoms. The van der Waals surface area contributed by atoms with Crippen LogP contribution in [0.3, 0.4) is 0 Å². The first-order valence-corrected chi connectivity index (χ1v) is 10.6. The summed E-state index contributed by atoms with van der Waals surface area (Å²) in [4.78, 5) is 26.8. The van der Waals surface area contributed by atoms with Gasteiger partial charge in [-0.2, -0.15) is 5.10 Å². The Morgan fingerprint density at radius 2 is 1.88 bits per heavy atom. The van der Waals surface area contributed by atoms with Gasteiger partial charge in [0.1, 0.15) is 11.4 Å². The molecule has 9 nitrogen and oxygen atoms in total. The number of carbonyl (C=O) groups is 2. The third-order valence-corrected chi connectivity index (χ3v) is 5.19. The molecular weight excluding hydrogens is 412 g/mol. The molecule has 0 fully saturated rings. The third-order valence-electron chi connectivity index (χ3n) is 5.19. The van der Waals surface area contributed by atoms with Crippen molar-refractivity contribution in [2.75, 3.05) is 26.1 Å². The molecule has 1 aliphatic rings. The number of hydrogen-bond acceptors (Lipinski definition) is 6. The smallest absolute Gasteiger partial charge is 0.410 e. The molecule has 0 bridgehead atoms. The molecule has 2 heterocycles. The minimum atomic E-state index is -0.562. The van der Waals surface area contributed by atoms with Gasteiger partial charge in [-0.25, -0.2) is 4.79 Å². The van der Waals surface area contributed by atoms with Crippen LogP contribution in [0.1, 0.15) is 44.0 Å². The van der Waals surface area contributed by atoms with E-state index in [2.05, 4.69) is 10.4 Å². The molecule has 1 aromatic heterocycles. The molecule has 2 aromatic rings. The molecule has 32 heavy (non-hydrogen) atoms. The lowest BCUT2D eigenvalue weighted by molar-refractivity contribution is -0.116. The Hall–Kier alpha value is -3.23. The summed E-state index contributed by atoms with van der Waals surface area (Å²) in [5.41, 5.74) is 2.15. The highest BCUT2D eigenvalue weighted by molar-refractivity contribution is 5.91. The molecule has 0 aliphatic carbocycles. The van der Waals surface area contributed by atoms with Crippen molar-refractivity contribution < 1.29 is 23.8 Å². The van der Waals surface area contributed by atoms with E-state index >= 15 is 0 Å². The van der Waals surface area contributed by atoms with E-state index in [4.69, 9.17) is 14.2 Å². The van der Waals surface area contributed by atoms with Crippen molar-refractivity contribution in [2.24, 2.45) is 7.05 Å². The van der Waals surface area contributed by atoms with Gasteiger partial charge in [0.15, 0.2) is 11.5 Å². The SMILES string of the molecule is COc1ccc(CCC(=O)Nc2c3c(nn2C)CCN(C(=O)OC(C)(C)C)C3)cc1OC. The van der Waals surface area contributed by atoms with Gasteiger partial charge in [0, 0.05) is 32.0 Å². The lowest BCUT2D eigenvalue weighted by Gasteiger charge is -2.29. The second-order valence-electron chi connectivity index (χ2n) is 8.79. The standard InChI is InChI=1S/C23H32N4O5/c1-23(2,3)32-22(29)27-12-11-17-16(14-27)21(26(4)25-17)24-20(28)10-8-15-7-9-18(30-5)19(13-15)31-6/h7,9,13H,8,10-12,14H2,1-6H3,(H,24,28). The van der Waals surface area contributed by atoms with E-state index in [-0.39, 0.29) is 12.0 Å². The minimum absolute atomic E-state index is 0.125. The first kappa shape index (κ1) is 23.4. The molecule has 1 aliphatic heterocycles. The quantitative estimate of drug-likeness (QED) is 0.735. The highest BCUT2D eigenvalue weighted by Crippen LogP contribution is 2.29. The van der Waals surface area contributed by atoms with Crippen LogP contribution in [0.25, 0.3) is 0 Å². The number of anilines is 1.